The standard InChI is InChI=1S/C7H11N3O/c1-3-6-4-9-7(5-8-6)10(2)11/h4-5,11H,3H2,1-2H3. The molecular weight excluding hydrogens is 142 g/mol. The molecule has 0 aliphatic carbocycles. The zero-order valence-electron chi connectivity index (χ0n) is 6.65. The molecule has 0 fully saturated rings. The molecule has 0 atom stereocenters. The number of rotatable bonds is 2. The van der Waals surface area contributed by atoms with Gasteiger partial charge in [-0.3, -0.25) is 10.2 Å². The van der Waals surface area contributed by atoms with Crippen LogP contribution in [0.2, 0.25) is 0 Å². The summed E-state index contributed by atoms with van der Waals surface area (Å²) in [7, 11) is 1.51. The van der Waals surface area contributed by atoms with E-state index >= 15 is 0 Å². The molecule has 0 bridgehead atoms. The Hall–Kier alpha value is -1.16. The molecule has 0 saturated heterocycles. The van der Waals surface area contributed by atoms with Gasteiger partial charge in [0.1, 0.15) is 0 Å². The van der Waals surface area contributed by atoms with Crippen LogP contribution in [-0.2, 0) is 6.42 Å². The highest BCUT2D eigenvalue weighted by Gasteiger charge is 1.97. The molecule has 0 aliphatic rings. The molecule has 0 aliphatic heterocycles. The molecule has 0 radical (unpaired) electrons. The van der Waals surface area contributed by atoms with Crippen LogP contribution in [0, 0.1) is 0 Å². The van der Waals surface area contributed by atoms with E-state index < -0.39 is 0 Å². The van der Waals surface area contributed by atoms with Crippen LogP contribution in [0.5, 0.6) is 0 Å². The maximum atomic E-state index is 8.92. The van der Waals surface area contributed by atoms with E-state index in [1.54, 1.807) is 12.4 Å². The van der Waals surface area contributed by atoms with Crippen molar-refractivity contribution in [2.45, 2.75) is 13.3 Å². The van der Waals surface area contributed by atoms with Gasteiger partial charge in [-0.1, -0.05) is 6.92 Å². The van der Waals surface area contributed by atoms with Gasteiger partial charge in [-0.25, -0.2) is 10.0 Å². The lowest BCUT2D eigenvalue weighted by Gasteiger charge is -2.07. The molecule has 0 amide bonds. The van der Waals surface area contributed by atoms with Gasteiger partial charge in [-0.05, 0) is 6.42 Å². The average molecular weight is 153 g/mol. The average Bonchev–Trinajstić information content (AvgIpc) is 2.05. The normalized spacial score (nSPS) is 9.73. The van der Waals surface area contributed by atoms with Gasteiger partial charge in [0.15, 0.2) is 5.82 Å². The van der Waals surface area contributed by atoms with Gasteiger partial charge in [-0.2, -0.15) is 0 Å². The minimum atomic E-state index is 0.460. The van der Waals surface area contributed by atoms with Crippen LogP contribution in [0.4, 0.5) is 5.82 Å². The fraction of sp³-hybridized carbons (Fsp3) is 0.429. The predicted molar refractivity (Wildman–Crippen MR) is 41.6 cm³/mol. The molecule has 0 saturated carbocycles. The quantitative estimate of drug-likeness (QED) is 0.640. The van der Waals surface area contributed by atoms with E-state index in [-0.39, 0.29) is 0 Å². The van der Waals surface area contributed by atoms with Crippen LogP contribution in [0.1, 0.15) is 12.6 Å². The highest BCUT2D eigenvalue weighted by atomic mass is 16.5. The summed E-state index contributed by atoms with van der Waals surface area (Å²) >= 11 is 0. The van der Waals surface area contributed by atoms with E-state index in [1.165, 1.54) is 7.05 Å². The Morgan fingerprint density at radius 1 is 1.45 bits per heavy atom. The van der Waals surface area contributed by atoms with Crippen LogP contribution in [0.3, 0.4) is 0 Å². The Morgan fingerprint density at radius 3 is 2.55 bits per heavy atom. The van der Waals surface area contributed by atoms with Crippen LogP contribution in [0.15, 0.2) is 12.4 Å². The van der Waals surface area contributed by atoms with Crippen molar-refractivity contribution in [2.24, 2.45) is 0 Å². The van der Waals surface area contributed by atoms with Gasteiger partial charge in [-0.15, -0.1) is 0 Å². The number of hydrogen-bond donors (Lipinski definition) is 1. The van der Waals surface area contributed by atoms with E-state index in [0.717, 1.165) is 17.2 Å². The predicted octanol–water partition coefficient (Wildman–Crippen LogP) is 0.864. The maximum absolute atomic E-state index is 8.92. The summed E-state index contributed by atoms with van der Waals surface area (Å²) in [5.74, 6) is 0.460. The first kappa shape index (κ1) is 7.94. The topological polar surface area (TPSA) is 49.2 Å². The highest BCUT2D eigenvalue weighted by molar-refractivity contribution is 5.30. The Morgan fingerprint density at radius 2 is 2.18 bits per heavy atom. The molecule has 1 N–H and O–H groups in total. The number of nitrogens with zero attached hydrogens (tertiary/aromatic N) is 3. The van der Waals surface area contributed by atoms with E-state index in [4.69, 9.17) is 5.21 Å². The maximum Gasteiger partial charge on any atom is 0.170 e. The Bertz CT molecular complexity index is 220. The first-order valence-corrected chi connectivity index (χ1v) is 3.47. The minimum absolute atomic E-state index is 0.460. The van der Waals surface area contributed by atoms with Gasteiger partial charge in [0.25, 0.3) is 0 Å². The summed E-state index contributed by atoms with van der Waals surface area (Å²) in [6, 6.07) is 0. The van der Waals surface area contributed by atoms with E-state index in [0.29, 0.717) is 5.82 Å². The molecule has 4 heteroatoms. The van der Waals surface area contributed by atoms with Crippen molar-refractivity contribution in [1.82, 2.24) is 9.97 Å². The van der Waals surface area contributed by atoms with Crippen molar-refractivity contribution < 1.29 is 5.21 Å². The largest absolute Gasteiger partial charge is 0.287 e. The molecule has 1 aromatic rings. The smallest absolute Gasteiger partial charge is 0.170 e. The molecule has 0 spiro atoms. The zero-order valence-corrected chi connectivity index (χ0v) is 6.65. The monoisotopic (exact) mass is 153 g/mol. The third kappa shape index (κ3) is 1.88. The van der Waals surface area contributed by atoms with Crippen molar-refractivity contribution in [3.8, 4) is 0 Å². The van der Waals surface area contributed by atoms with E-state index in [9.17, 15) is 0 Å². The first-order chi connectivity index (χ1) is 5.24. The first-order valence-electron chi connectivity index (χ1n) is 3.47. The number of anilines is 1. The van der Waals surface area contributed by atoms with Gasteiger partial charge in [0, 0.05) is 7.05 Å². The highest BCUT2D eigenvalue weighted by Crippen LogP contribution is 2.03. The van der Waals surface area contributed by atoms with Gasteiger partial charge >= 0.3 is 0 Å². The molecule has 0 aromatic carbocycles. The summed E-state index contributed by atoms with van der Waals surface area (Å²) in [5.41, 5.74) is 0.926. The fourth-order valence-corrected chi connectivity index (χ4v) is 0.698. The van der Waals surface area contributed by atoms with Crippen molar-refractivity contribution in [2.75, 3.05) is 12.1 Å². The minimum Gasteiger partial charge on any atom is -0.287 e. The Balaban J connectivity index is 2.83. The molecule has 1 rings (SSSR count). The van der Waals surface area contributed by atoms with E-state index in [2.05, 4.69) is 9.97 Å². The number of hydrogen-bond acceptors (Lipinski definition) is 4. The summed E-state index contributed by atoms with van der Waals surface area (Å²) in [5, 5.41) is 9.86. The van der Waals surface area contributed by atoms with Gasteiger partial charge in [0.2, 0.25) is 0 Å². The van der Waals surface area contributed by atoms with Crippen molar-refractivity contribution in [1.29, 1.82) is 0 Å². The lowest BCUT2D eigenvalue weighted by Crippen LogP contribution is -2.12. The second kappa shape index (κ2) is 3.30. The lowest BCUT2D eigenvalue weighted by atomic mass is 10.4. The van der Waals surface area contributed by atoms with Crippen LogP contribution in [-0.4, -0.2) is 22.2 Å². The molecule has 1 aromatic heterocycles. The number of aromatic nitrogens is 2. The summed E-state index contributed by atoms with van der Waals surface area (Å²) in [6.07, 6.45) is 4.06. The molecular formula is C7H11N3O. The third-order valence-corrected chi connectivity index (χ3v) is 1.39. The molecule has 4 nitrogen and oxygen atoms in total. The Kier molecular flexibility index (Phi) is 2.38. The summed E-state index contributed by atoms with van der Waals surface area (Å²) in [6.45, 7) is 2.01. The van der Waals surface area contributed by atoms with Crippen molar-refractivity contribution >= 4 is 5.82 Å². The van der Waals surface area contributed by atoms with Crippen LogP contribution in [0.25, 0.3) is 0 Å². The third-order valence-electron chi connectivity index (χ3n) is 1.39. The van der Waals surface area contributed by atoms with Gasteiger partial charge in [0.05, 0.1) is 18.1 Å². The lowest BCUT2D eigenvalue weighted by molar-refractivity contribution is 0.275. The van der Waals surface area contributed by atoms with Crippen molar-refractivity contribution in [3.63, 3.8) is 0 Å². The SMILES string of the molecule is CCc1cnc(N(C)O)cn1. The van der Waals surface area contributed by atoms with E-state index in [1.807, 2.05) is 6.92 Å². The molecule has 60 valence electrons. The fourth-order valence-electron chi connectivity index (χ4n) is 0.698. The second-order valence-corrected chi connectivity index (χ2v) is 2.24. The summed E-state index contributed by atoms with van der Waals surface area (Å²) in [4.78, 5) is 8.02. The van der Waals surface area contributed by atoms with Gasteiger partial charge < -0.3 is 0 Å². The molecule has 1 heterocycles. The van der Waals surface area contributed by atoms with Crippen LogP contribution >= 0.6 is 0 Å². The number of aryl methyl sites for hydroxylation is 1. The van der Waals surface area contributed by atoms with Crippen molar-refractivity contribution in [3.05, 3.63) is 18.1 Å². The Labute approximate surface area is 65.5 Å². The second-order valence-electron chi connectivity index (χ2n) is 2.24. The van der Waals surface area contributed by atoms with Crippen LogP contribution < -0.4 is 5.06 Å². The molecule has 11 heavy (non-hydrogen) atoms. The molecule has 0 unspecified atom stereocenters. The zero-order chi connectivity index (χ0) is 8.27. The number of hydroxylamine groups is 1. The summed E-state index contributed by atoms with van der Waals surface area (Å²) < 4.78 is 0.